The van der Waals surface area contributed by atoms with E-state index in [1.165, 1.54) is 0 Å². The summed E-state index contributed by atoms with van der Waals surface area (Å²) in [5, 5.41) is 22.6. The van der Waals surface area contributed by atoms with Crippen LogP contribution in [-0.2, 0) is 9.59 Å². The molecular formula is C16H15NO4. The van der Waals surface area contributed by atoms with Crippen molar-refractivity contribution in [2.24, 2.45) is 5.41 Å². The quantitative estimate of drug-likeness (QED) is 0.769. The predicted molar refractivity (Wildman–Crippen MR) is 73.9 cm³/mol. The Kier molecular flexibility index (Phi) is 1.95. The molecule has 3 N–H and O–H groups in total. The summed E-state index contributed by atoms with van der Waals surface area (Å²) >= 11 is 0. The maximum atomic E-state index is 12.1. The smallest absolute Gasteiger partial charge is 0.333 e. The number of rotatable bonds is 2. The standard InChI is InChI=1S/C16H15NO4/c1-7-10(13(18)19)11-8-5-3-4-6-9(8)12-15(2,17-7)16(11,12)14(20)21/h3-6,11-12,17H,1-2H3,(H,18,19)(H,20,21)/t11?,12?,15?,16-/m1/s1. The molecule has 1 aromatic carbocycles. The molecule has 4 atom stereocenters. The summed E-state index contributed by atoms with van der Waals surface area (Å²) in [5.74, 6) is -2.74. The molecule has 0 amide bonds. The lowest BCUT2D eigenvalue weighted by molar-refractivity contribution is -0.145. The van der Waals surface area contributed by atoms with Crippen LogP contribution in [0.4, 0.5) is 0 Å². The molecule has 0 radical (unpaired) electrons. The Labute approximate surface area is 121 Å². The SMILES string of the molecule is CC1=C(C(=O)O)C2c3ccccc3C3C(C)(N1)[C@]23C(=O)O. The molecule has 21 heavy (non-hydrogen) atoms. The van der Waals surface area contributed by atoms with Gasteiger partial charge in [-0.05, 0) is 25.0 Å². The first-order valence-electron chi connectivity index (χ1n) is 6.91. The van der Waals surface area contributed by atoms with E-state index in [1.807, 2.05) is 31.2 Å². The Bertz CT molecular complexity index is 752. The molecule has 1 aromatic rings. The first-order valence-corrected chi connectivity index (χ1v) is 6.91. The van der Waals surface area contributed by atoms with Crippen molar-refractivity contribution in [2.45, 2.75) is 31.2 Å². The molecule has 0 bridgehead atoms. The van der Waals surface area contributed by atoms with E-state index in [1.54, 1.807) is 6.92 Å². The highest BCUT2D eigenvalue weighted by molar-refractivity contribution is 5.98. The van der Waals surface area contributed by atoms with Gasteiger partial charge in [0.2, 0.25) is 0 Å². The summed E-state index contributed by atoms with van der Waals surface area (Å²) in [4.78, 5) is 23.8. The fourth-order valence-electron chi connectivity index (χ4n) is 4.94. The summed E-state index contributed by atoms with van der Waals surface area (Å²) in [6.45, 7) is 3.60. The first-order chi connectivity index (χ1) is 9.87. The highest BCUT2D eigenvalue weighted by atomic mass is 16.4. The van der Waals surface area contributed by atoms with Gasteiger partial charge < -0.3 is 15.5 Å². The zero-order chi connectivity index (χ0) is 15.2. The van der Waals surface area contributed by atoms with Gasteiger partial charge in [-0.2, -0.15) is 0 Å². The molecule has 1 aliphatic heterocycles. The van der Waals surface area contributed by atoms with Gasteiger partial charge >= 0.3 is 11.9 Å². The predicted octanol–water partition coefficient (Wildman–Crippen LogP) is 1.67. The average molecular weight is 285 g/mol. The van der Waals surface area contributed by atoms with Gasteiger partial charge in [0.25, 0.3) is 0 Å². The maximum absolute atomic E-state index is 12.1. The summed E-state index contributed by atoms with van der Waals surface area (Å²) < 4.78 is 0. The highest BCUT2D eigenvalue weighted by Gasteiger charge is 2.87. The van der Waals surface area contributed by atoms with Gasteiger partial charge in [-0.1, -0.05) is 24.3 Å². The van der Waals surface area contributed by atoms with E-state index in [4.69, 9.17) is 0 Å². The number of carbonyl (C=O) groups is 2. The summed E-state index contributed by atoms with van der Waals surface area (Å²) in [6.07, 6.45) is 0. The van der Waals surface area contributed by atoms with Crippen molar-refractivity contribution in [3.63, 3.8) is 0 Å². The lowest BCUT2D eigenvalue weighted by Gasteiger charge is -2.36. The number of fused-ring (bicyclic) bond motifs is 4. The fraction of sp³-hybridized carbons (Fsp3) is 0.375. The van der Waals surface area contributed by atoms with Gasteiger partial charge in [-0.15, -0.1) is 0 Å². The van der Waals surface area contributed by atoms with Crippen LogP contribution in [0, 0.1) is 5.41 Å². The molecule has 0 aromatic heterocycles. The molecule has 4 rings (SSSR count). The van der Waals surface area contributed by atoms with Crippen molar-refractivity contribution < 1.29 is 19.8 Å². The van der Waals surface area contributed by atoms with E-state index in [2.05, 4.69) is 5.32 Å². The summed E-state index contributed by atoms with van der Waals surface area (Å²) in [6, 6.07) is 7.50. The van der Waals surface area contributed by atoms with E-state index in [0.29, 0.717) is 5.70 Å². The Morgan fingerprint density at radius 3 is 2.38 bits per heavy atom. The number of aliphatic carboxylic acids is 2. The molecule has 2 aliphatic carbocycles. The van der Waals surface area contributed by atoms with E-state index < -0.39 is 28.8 Å². The number of benzene rings is 1. The third-order valence-electron chi connectivity index (χ3n) is 5.61. The number of nitrogens with one attached hydrogen (secondary N) is 1. The first kappa shape index (κ1) is 12.4. The van der Waals surface area contributed by atoms with E-state index in [-0.39, 0.29) is 11.5 Å². The zero-order valence-electron chi connectivity index (χ0n) is 11.7. The fourth-order valence-corrected chi connectivity index (χ4v) is 4.94. The third kappa shape index (κ3) is 1.04. The van der Waals surface area contributed by atoms with Crippen molar-refractivity contribution in [2.75, 3.05) is 0 Å². The van der Waals surface area contributed by atoms with Crippen LogP contribution < -0.4 is 5.32 Å². The largest absolute Gasteiger partial charge is 0.481 e. The Balaban J connectivity index is 2.07. The Morgan fingerprint density at radius 1 is 1.19 bits per heavy atom. The van der Waals surface area contributed by atoms with Crippen molar-refractivity contribution in [3.05, 3.63) is 46.7 Å². The molecule has 3 aliphatic rings. The highest BCUT2D eigenvalue weighted by Crippen LogP contribution is 2.81. The van der Waals surface area contributed by atoms with Crippen LogP contribution in [0.2, 0.25) is 0 Å². The molecule has 5 nitrogen and oxygen atoms in total. The molecule has 108 valence electrons. The lowest BCUT2D eigenvalue weighted by atomic mass is 9.74. The molecule has 1 heterocycles. The normalized spacial score (nSPS) is 38.4. The van der Waals surface area contributed by atoms with Crippen LogP contribution in [0.5, 0.6) is 0 Å². The Hall–Kier alpha value is -2.30. The van der Waals surface area contributed by atoms with Crippen molar-refractivity contribution in [3.8, 4) is 0 Å². The minimum Gasteiger partial charge on any atom is -0.481 e. The Morgan fingerprint density at radius 2 is 1.81 bits per heavy atom. The van der Waals surface area contributed by atoms with Crippen LogP contribution in [0.1, 0.15) is 36.8 Å². The van der Waals surface area contributed by atoms with Crippen LogP contribution in [0.25, 0.3) is 0 Å². The van der Waals surface area contributed by atoms with E-state index >= 15 is 0 Å². The van der Waals surface area contributed by atoms with Gasteiger partial charge in [0.1, 0.15) is 5.41 Å². The zero-order valence-corrected chi connectivity index (χ0v) is 11.7. The van der Waals surface area contributed by atoms with Crippen LogP contribution in [0.15, 0.2) is 35.5 Å². The molecule has 1 saturated carbocycles. The molecule has 0 spiro atoms. The molecule has 3 unspecified atom stereocenters. The molecule has 1 fully saturated rings. The topological polar surface area (TPSA) is 86.6 Å². The van der Waals surface area contributed by atoms with Gasteiger partial charge in [0.15, 0.2) is 0 Å². The van der Waals surface area contributed by atoms with Crippen LogP contribution in [-0.4, -0.2) is 27.7 Å². The van der Waals surface area contributed by atoms with Crippen molar-refractivity contribution in [1.82, 2.24) is 5.32 Å². The molecule has 0 saturated heterocycles. The van der Waals surface area contributed by atoms with Crippen molar-refractivity contribution >= 4 is 11.9 Å². The number of allylic oxidation sites excluding steroid dienone is 1. The number of carboxylic acid groups (broad SMARTS) is 2. The summed E-state index contributed by atoms with van der Waals surface area (Å²) in [5.41, 5.74) is 0.878. The summed E-state index contributed by atoms with van der Waals surface area (Å²) in [7, 11) is 0. The maximum Gasteiger partial charge on any atom is 0.333 e. The molecular weight excluding hydrogens is 270 g/mol. The third-order valence-corrected chi connectivity index (χ3v) is 5.61. The number of hydrogen-bond donors (Lipinski definition) is 3. The number of carboxylic acids is 2. The minimum absolute atomic E-state index is 0.183. The number of hydrogen-bond acceptors (Lipinski definition) is 3. The van der Waals surface area contributed by atoms with Gasteiger partial charge in [-0.3, -0.25) is 4.79 Å². The second kappa shape index (κ2) is 3.30. The van der Waals surface area contributed by atoms with Crippen molar-refractivity contribution in [1.29, 1.82) is 0 Å². The molecule has 5 heteroatoms. The van der Waals surface area contributed by atoms with Crippen LogP contribution in [0.3, 0.4) is 0 Å². The second-order valence-corrected chi connectivity index (χ2v) is 6.34. The van der Waals surface area contributed by atoms with E-state index in [0.717, 1.165) is 11.1 Å². The monoisotopic (exact) mass is 285 g/mol. The van der Waals surface area contributed by atoms with Gasteiger partial charge in [-0.25, -0.2) is 4.79 Å². The van der Waals surface area contributed by atoms with Crippen LogP contribution >= 0.6 is 0 Å². The van der Waals surface area contributed by atoms with E-state index in [9.17, 15) is 19.8 Å². The second-order valence-electron chi connectivity index (χ2n) is 6.34. The lowest BCUT2D eigenvalue weighted by Crippen LogP contribution is -2.47. The van der Waals surface area contributed by atoms with Gasteiger partial charge in [0.05, 0.1) is 11.1 Å². The van der Waals surface area contributed by atoms with Gasteiger partial charge in [0, 0.05) is 17.5 Å². The minimum atomic E-state index is -1.08. The average Bonchev–Trinajstić information content (AvgIpc) is 2.80.